The van der Waals surface area contributed by atoms with Crippen LogP contribution in [-0.4, -0.2) is 56.8 Å². The van der Waals surface area contributed by atoms with Crippen LogP contribution in [-0.2, 0) is 4.74 Å². The quantitative estimate of drug-likeness (QED) is 0.360. The van der Waals surface area contributed by atoms with Gasteiger partial charge in [0.1, 0.15) is 0 Å². The van der Waals surface area contributed by atoms with Gasteiger partial charge in [0.05, 0.1) is 12.6 Å². The Morgan fingerprint density at radius 1 is 1.31 bits per heavy atom. The van der Waals surface area contributed by atoms with Gasteiger partial charge in [0.2, 0.25) is 0 Å². The first kappa shape index (κ1) is 23.5. The molecule has 0 amide bonds. The van der Waals surface area contributed by atoms with Gasteiger partial charge in [0.25, 0.3) is 0 Å². The molecule has 1 atom stereocenters. The van der Waals surface area contributed by atoms with E-state index in [2.05, 4.69) is 43.5 Å². The van der Waals surface area contributed by atoms with Crippen molar-refractivity contribution in [1.29, 1.82) is 0 Å². The zero-order valence-electron chi connectivity index (χ0n) is 16.2. The van der Waals surface area contributed by atoms with Gasteiger partial charge >= 0.3 is 0 Å². The molecule has 1 aromatic carbocycles. The van der Waals surface area contributed by atoms with E-state index >= 15 is 0 Å². The molecular formula is C19H32ClIN4O. The van der Waals surface area contributed by atoms with Gasteiger partial charge in [0, 0.05) is 30.3 Å². The number of aliphatic imine (C=N–C) groups is 1. The van der Waals surface area contributed by atoms with Crippen LogP contribution < -0.4 is 10.6 Å². The summed E-state index contributed by atoms with van der Waals surface area (Å²) in [6.07, 6.45) is 2.01. The maximum absolute atomic E-state index is 6.32. The second kappa shape index (κ2) is 11.3. The number of rotatable bonds is 6. The molecule has 1 heterocycles. The molecule has 1 saturated heterocycles. The predicted molar refractivity (Wildman–Crippen MR) is 121 cm³/mol. The van der Waals surface area contributed by atoms with E-state index in [1.54, 1.807) is 0 Å². The van der Waals surface area contributed by atoms with Crippen molar-refractivity contribution in [2.24, 2.45) is 4.99 Å². The summed E-state index contributed by atoms with van der Waals surface area (Å²) in [5.74, 6) is 0.822. The standard InChI is InChI=1S/C19H31ClN4O.HI/c1-5-21-18(23-15(2)16-8-6-7-9-17(16)20)22-14-19(24(3)4)10-12-25-13-11-19;/h6-9,15H,5,10-14H2,1-4H3,(H2,21,22,23);1H. The van der Waals surface area contributed by atoms with E-state index in [0.717, 1.165) is 55.7 Å². The molecule has 1 aromatic rings. The lowest BCUT2D eigenvalue weighted by Gasteiger charge is -2.41. The van der Waals surface area contributed by atoms with E-state index < -0.39 is 0 Å². The van der Waals surface area contributed by atoms with Crippen molar-refractivity contribution in [3.63, 3.8) is 0 Å². The monoisotopic (exact) mass is 494 g/mol. The molecule has 1 fully saturated rings. The highest BCUT2D eigenvalue weighted by molar-refractivity contribution is 14.0. The summed E-state index contributed by atoms with van der Waals surface area (Å²) in [6, 6.07) is 8.00. The summed E-state index contributed by atoms with van der Waals surface area (Å²) in [5.41, 5.74) is 1.14. The largest absolute Gasteiger partial charge is 0.381 e. The number of halogens is 2. The van der Waals surface area contributed by atoms with E-state index in [4.69, 9.17) is 21.3 Å². The van der Waals surface area contributed by atoms with Crippen molar-refractivity contribution in [3.8, 4) is 0 Å². The van der Waals surface area contributed by atoms with Gasteiger partial charge in [-0.3, -0.25) is 4.99 Å². The van der Waals surface area contributed by atoms with Gasteiger partial charge in [-0.05, 0) is 52.4 Å². The second-order valence-electron chi connectivity index (χ2n) is 6.81. The van der Waals surface area contributed by atoms with E-state index in [9.17, 15) is 0 Å². The Morgan fingerprint density at radius 2 is 1.96 bits per heavy atom. The van der Waals surface area contributed by atoms with Crippen molar-refractivity contribution in [3.05, 3.63) is 34.9 Å². The molecule has 7 heteroatoms. The van der Waals surface area contributed by atoms with Crippen molar-refractivity contribution in [2.75, 3.05) is 40.4 Å². The smallest absolute Gasteiger partial charge is 0.191 e. The van der Waals surface area contributed by atoms with Crippen LogP contribution in [0.3, 0.4) is 0 Å². The molecule has 2 N–H and O–H groups in total. The highest BCUT2D eigenvalue weighted by Crippen LogP contribution is 2.26. The van der Waals surface area contributed by atoms with E-state index in [0.29, 0.717) is 0 Å². The predicted octanol–water partition coefficient (Wildman–Crippen LogP) is 3.68. The average Bonchev–Trinajstić information content (AvgIpc) is 2.61. The molecule has 148 valence electrons. The fraction of sp³-hybridized carbons (Fsp3) is 0.632. The lowest BCUT2D eigenvalue weighted by molar-refractivity contribution is -0.00255. The number of nitrogens with zero attached hydrogens (tertiary/aromatic N) is 2. The molecule has 26 heavy (non-hydrogen) atoms. The van der Waals surface area contributed by atoms with Crippen molar-refractivity contribution in [2.45, 2.75) is 38.3 Å². The van der Waals surface area contributed by atoms with Gasteiger partial charge in [-0.15, -0.1) is 24.0 Å². The van der Waals surface area contributed by atoms with Crippen molar-refractivity contribution < 1.29 is 4.74 Å². The summed E-state index contributed by atoms with van der Waals surface area (Å²) in [6.45, 7) is 7.34. The van der Waals surface area contributed by atoms with Crippen LogP contribution in [0, 0.1) is 0 Å². The molecule has 0 aliphatic carbocycles. The molecular weight excluding hydrogens is 463 g/mol. The maximum Gasteiger partial charge on any atom is 0.191 e. The third-order valence-corrected chi connectivity index (χ3v) is 5.32. The summed E-state index contributed by atoms with van der Waals surface area (Å²) in [4.78, 5) is 7.17. The first-order valence-electron chi connectivity index (χ1n) is 9.03. The molecule has 1 aliphatic rings. The summed E-state index contributed by atoms with van der Waals surface area (Å²) in [5, 5.41) is 7.59. The zero-order valence-corrected chi connectivity index (χ0v) is 19.3. The average molecular weight is 495 g/mol. The molecule has 0 spiro atoms. The molecule has 0 saturated carbocycles. The molecule has 5 nitrogen and oxygen atoms in total. The number of hydrogen-bond acceptors (Lipinski definition) is 3. The van der Waals surface area contributed by atoms with E-state index in [-0.39, 0.29) is 35.6 Å². The SMILES string of the molecule is CCNC(=NCC1(N(C)C)CCOCC1)NC(C)c1ccccc1Cl.I. The third-order valence-electron chi connectivity index (χ3n) is 4.97. The third kappa shape index (κ3) is 6.25. The summed E-state index contributed by atoms with van der Waals surface area (Å²) in [7, 11) is 4.26. The normalized spacial score (nSPS) is 18.2. The summed E-state index contributed by atoms with van der Waals surface area (Å²) < 4.78 is 5.54. The number of nitrogens with one attached hydrogen (secondary N) is 2. The van der Waals surface area contributed by atoms with Crippen molar-refractivity contribution in [1.82, 2.24) is 15.5 Å². The number of guanidine groups is 1. The first-order valence-corrected chi connectivity index (χ1v) is 9.41. The number of hydrogen-bond donors (Lipinski definition) is 2. The van der Waals surface area contributed by atoms with Crippen LogP contribution in [0.15, 0.2) is 29.3 Å². The maximum atomic E-state index is 6.32. The Bertz CT molecular complexity index is 576. The fourth-order valence-corrected chi connectivity index (χ4v) is 3.45. The minimum Gasteiger partial charge on any atom is -0.381 e. The lowest BCUT2D eigenvalue weighted by atomic mass is 9.89. The number of benzene rings is 1. The Labute approximate surface area is 179 Å². The second-order valence-corrected chi connectivity index (χ2v) is 7.22. The van der Waals surface area contributed by atoms with Crippen LogP contribution in [0.4, 0.5) is 0 Å². The summed E-state index contributed by atoms with van der Waals surface area (Å²) >= 11 is 6.32. The Morgan fingerprint density at radius 3 is 2.54 bits per heavy atom. The highest BCUT2D eigenvalue weighted by atomic mass is 127. The van der Waals surface area contributed by atoms with Crippen LogP contribution in [0.5, 0.6) is 0 Å². The minimum absolute atomic E-state index is 0. The van der Waals surface area contributed by atoms with E-state index in [1.165, 1.54) is 0 Å². The number of likely N-dealkylation sites (N-methyl/N-ethyl adjacent to an activating group) is 1. The Kier molecular flexibility index (Phi) is 10.2. The lowest BCUT2D eigenvalue weighted by Crippen LogP contribution is -2.51. The van der Waals surface area contributed by atoms with Crippen LogP contribution in [0.25, 0.3) is 0 Å². The highest BCUT2D eigenvalue weighted by Gasteiger charge is 2.34. The molecule has 0 aromatic heterocycles. The van der Waals surface area contributed by atoms with Crippen LogP contribution in [0.2, 0.25) is 5.02 Å². The van der Waals surface area contributed by atoms with Gasteiger partial charge < -0.3 is 20.3 Å². The van der Waals surface area contributed by atoms with Crippen LogP contribution in [0.1, 0.15) is 38.3 Å². The first-order chi connectivity index (χ1) is 12.0. The van der Waals surface area contributed by atoms with Crippen LogP contribution >= 0.6 is 35.6 Å². The van der Waals surface area contributed by atoms with Gasteiger partial charge in [-0.25, -0.2) is 0 Å². The Hall–Kier alpha value is -0.570. The molecule has 0 bridgehead atoms. The topological polar surface area (TPSA) is 48.9 Å². The van der Waals surface area contributed by atoms with Gasteiger partial charge in [-0.2, -0.15) is 0 Å². The van der Waals surface area contributed by atoms with E-state index in [1.807, 2.05) is 24.3 Å². The number of ether oxygens (including phenoxy) is 1. The molecule has 1 aliphatic heterocycles. The fourth-order valence-electron chi connectivity index (χ4n) is 3.15. The molecule has 0 radical (unpaired) electrons. The Balaban J connectivity index is 0.00000338. The van der Waals surface area contributed by atoms with Gasteiger partial charge in [0.15, 0.2) is 5.96 Å². The molecule has 2 rings (SSSR count). The minimum atomic E-state index is 0. The zero-order chi connectivity index (χ0) is 18.3. The molecule has 1 unspecified atom stereocenters. The van der Waals surface area contributed by atoms with Gasteiger partial charge in [-0.1, -0.05) is 29.8 Å². The van der Waals surface area contributed by atoms with Crippen molar-refractivity contribution >= 4 is 41.5 Å².